The Morgan fingerprint density at radius 3 is 2.91 bits per heavy atom. The van der Waals surface area contributed by atoms with Crippen molar-refractivity contribution in [1.29, 1.82) is 0 Å². The molecule has 0 aromatic rings. The Kier molecular flexibility index (Phi) is 3.30. The van der Waals surface area contributed by atoms with Crippen LogP contribution in [0.2, 0.25) is 0 Å². The molecule has 0 aromatic carbocycles. The molecule has 1 saturated heterocycles. The van der Waals surface area contributed by atoms with Gasteiger partial charge in [-0.2, -0.15) is 0 Å². The van der Waals surface area contributed by atoms with E-state index in [0.29, 0.717) is 12.0 Å². The van der Waals surface area contributed by atoms with Crippen LogP contribution in [0.4, 0.5) is 0 Å². The van der Waals surface area contributed by atoms with Crippen LogP contribution in [0, 0.1) is 5.92 Å². The zero-order chi connectivity index (χ0) is 8.27. The first kappa shape index (κ1) is 8.97. The molecule has 0 aromatic heterocycles. The molecule has 1 unspecified atom stereocenters. The average molecular weight is 158 g/mol. The van der Waals surface area contributed by atoms with Crippen LogP contribution in [0.1, 0.15) is 20.3 Å². The minimum atomic E-state index is 0.355. The van der Waals surface area contributed by atoms with Gasteiger partial charge in [-0.3, -0.25) is 5.84 Å². The van der Waals surface area contributed by atoms with E-state index in [1.165, 1.54) is 0 Å². The van der Waals surface area contributed by atoms with E-state index in [1.807, 2.05) is 5.01 Å². The lowest BCUT2D eigenvalue weighted by molar-refractivity contribution is -0.0376. The third-order valence-corrected chi connectivity index (χ3v) is 1.90. The maximum absolute atomic E-state index is 5.65. The Balaban J connectivity index is 2.23. The zero-order valence-corrected chi connectivity index (χ0v) is 7.42. The molecule has 0 aliphatic carbocycles. The Hall–Kier alpha value is -0.120. The molecule has 3 nitrogen and oxygen atoms in total. The van der Waals surface area contributed by atoms with Crippen molar-refractivity contribution in [3.05, 3.63) is 0 Å². The highest BCUT2D eigenvalue weighted by Gasteiger charge is 2.18. The lowest BCUT2D eigenvalue weighted by atomic mass is 10.1. The monoisotopic (exact) mass is 158 g/mol. The first-order chi connectivity index (χ1) is 5.18. The van der Waals surface area contributed by atoms with E-state index in [-0.39, 0.29) is 0 Å². The summed E-state index contributed by atoms with van der Waals surface area (Å²) in [6, 6.07) is 0. The smallest absolute Gasteiger partial charge is 0.0719 e. The van der Waals surface area contributed by atoms with Gasteiger partial charge in [0.05, 0.1) is 12.7 Å². The van der Waals surface area contributed by atoms with Gasteiger partial charge in [-0.05, 0) is 12.3 Å². The molecular weight excluding hydrogens is 140 g/mol. The van der Waals surface area contributed by atoms with Crippen LogP contribution in [-0.2, 0) is 4.74 Å². The molecule has 0 saturated carbocycles. The molecule has 1 heterocycles. The van der Waals surface area contributed by atoms with Crippen molar-refractivity contribution in [3.63, 3.8) is 0 Å². The quantitative estimate of drug-likeness (QED) is 0.598. The first-order valence-electron chi connectivity index (χ1n) is 4.29. The van der Waals surface area contributed by atoms with Crippen LogP contribution in [0.3, 0.4) is 0 Å². The van der Waals surface area contributed by atoms with Crippen LogP contribution in [0.5, 0.6) is 0 Å². The van der Waals surface area contributed by atoms with Crippen molar-refractivity contribution >= 4 is 0 Å². The number of hydrogen-bond donors (Lipinski definition) is 1. The average Bonchev–Trinajstić information content (AvgIpc) is 1.85. The molecule has 3 heteroatoms. The Morgan fingerprint density at radius 2 is 2.36 bits per heavy atom. The lowest BCUT2D eigenvalue weighted by Crippen LogP contribution is -2.46. The number of morpholine rings is 1. The molecule has 2 N–H and O–H groups in total. The highest BCUT2D eigenvalue weighted by molar-refractivity contribution is 4.68. The van der Waals surface area contributed by atoms with Crippen LogP contribution >= 0.6 is 0 Å². The van der Waals surface area contributed by atoms with Crippen LogP contribution < -0.4 is 5.84 Å². The molecule has 0 bridgehead atoms. The van der Waals surface area contributed by atoms with Crippen molar-refractivity contribution in [2.45, 2.75) is 26.4 Å². The topological polar surface area (TPSA) is 38.5 Å². The van der Waals surface area contributed by atoms with Gasteiger partial charge in [0, 0.05) is 13.1 Å². The minimum Gasteiger partial charge on any atom is -0.375 e. The molecule has 11 heavy (non-hydrogen) atoms. The van der Waals surface area contributed by atoms with Crippen molar-refractivity contribution in [2.24, 2.45) is 11.8 Å². The van der Waals surface area contributed by atoms with Gasteiger partial charge in [-0.25, -0.2) is 5.01 Å². The lowest BCUT2D eigenvalue weighted by Gasteiger charge is -2.30. The Labute approximate surface area is 68.5 Å². The molecule has 1 aliphatic heterocycles. The summed E-state index contributed by atoms with van der Waals surface area (Å²) in [5, 5.41) is 1.84. The van der Waals surface area contributed by atoms with Gasteiger partial charge >= 0.3 is 0 Å². The fourth-order valence-electron chi connectivity index (χ4n) is 1.41. The highest BCUT2D eigenvalue weighted by atomic mass is 16.5. The van der Waals surface area contributed by atoms with E-state index in [2.05, 4.69) is 13.8 Å². The molecule has 0 amide bonds. The van der Waals surface area contributed by atoms with E-state index >= 15 is 0 Å². The fourth-order valence-corrected chi connectivity index (χ4v) is 1.41. The fraction of sp³-hybridized carbons (Fsp3) is 1.00. The third-order valence-electron chi connectivity index (χ3n) is 1.90. The zero-order valence-electron chi connectivity index (χ0n) is 7.42. The van der Waals surface area contributed by atoms with E-state index in [1.54, 1.807) is 0 Å². The number of hydrogen-bond acceptors (Lipinski definition) is 3. The summed E-state index contributed by atoms with van der Waals surface area (Å²) >= 11 is 0. The van der Waals surface area contributed by atoms with Gasteiger partial charge in [-0.1, -0.05) is 13.8 Å². The summed E-state index contributed by atoms with van der Waals surface area (Å²) in [4.78, 5) is 0. The van der Waals surface area contributed by atoms with Crippen LogP contribution in [-0.4, -0.2) is 30.8 Å². The molecule has 0 radical (unpaired) electrons. The van der Waals surface area contributed by atoms with Gasteiger partial charge in [0.25, 0.3) is 0 Å². The first-order valence-corrected chi connectivity index (χ1v) is 4.29. The van der Waals surface area contributed by atoms with E-state index < -0.39 is 0 Å². The number of hydrazine groups is 1. The van der Waals surface area contributed by atoms with Crippen molar-refractivity contribution in [3.8, 4) is 0 Å². The molecule has 1 atom stereocenters. The Morgan fingerprint density at radius 1 is 1.64 bits per heavy atom. The number of nitrogens with two attached hydrogens (primary N) is 1. The summed E-state index contributed by atoms with van der Waals surface area (Å²) in [5.74, 6) is 6.35. The molecule has 1 aliphatic rings. The summed E-state index contributed by atoms with van der Waals surface area (Å²) in [5.41, 5.74) is 0. The minimum absolute atomic E-state index is 0.355. The Bertz CT molecular complexity index is 115. The summed E-state index contributed by atoms with van der Waals surface area (Å²) in [6.07, 6.45) is 1.47. The summed E-state index contributed by atoms with van der Waals surface area (Å²) in [6.45, 7) is 6.96. The molecule has 1 rings (SSSR count). The maximum Gasteiger partial charge on any atom is 0.0719 e. The molecular formula is C8H18N2O. The molecule has 1 fully saturated rings. The third kappa shape index (κ3) is 3.18. The number of rotatable bonds is 2. The molecule has 0 spiro atoms. The predicted molar refractivity (Wildman–Crippen MR) is 45.0 cm³/mol. The SMILES string of the molecule is CC(C)CC1CN(N)CCO1. The van der Waals surface area contributed by atoms with Gasteiger partial charge < -0.3 is 4.74 Å². The maximum atomic E-state index is 5.65. The summed E-state index contributed by atoms with van der Waals surface area (Å²) in [7, 11) is 0. The van der Waals surface area contributed by atoms with Crippen LogP contribution in [0.25, 0.3) is 0 Å². The number of nitrogens with zero attached hydrogens (tertiary/aromatic N) is 1. The molecule has 66 valence electrons. The predicted octanol–water partition coefficient (Wildman–Crippen LogP) is 0.607. The van der Waals surface area contributed by atoms with E-state index in [0.717, 1.165) is 26.1 Å². The van der Waals surface area contributed by atoms with E-state index in [4.69, 9.17) is 10.6 Å². The second-order valence-corrected chi connectivity index (χ2v) is 3.62. The van der Waals surface area contributed by atoms with Crippen LogP contribution in [0.15, 0.2) is 0 Å². The highest BCUT2D eigenvalue weighted by Crippen LogP contribution is 2.11. The van der Waals surface area contributed by atoms with E-state index in [9.17, 15) is 0 Å². The second kappa shape index (κ2) is 4.04. The van der Waals surface area contributed by atoms with Gasteiger partial charge in [0.1, 0.15) is 0 Å². The number of ether oxygens (including phenoxy) is 1. The largest absolute Gasteiger partial charge is 0.375 e. The van der Waals surface area contributed by atoms with Gasteiger partial charge in [0.2, 0.25) is 0 Å². The van der Waals surface area contributed by atoms with Gasteiger partial charge in [0.15, 0.2) is 0 Å². The van der Waals surface area contributed by atoms with Crippen molar-refractivity contribution in [2.75, 3.05) is 19.7 Å². The van der Waals surface area contributed by atoms with Gasteiger partial charge in [-0.15, -0.1) is 0 Å². The second-order valence-electron chi connectivity index (χ2n) is 3.62. The summed E-state index contributed by atoms with van der Waals surface area (Å²) < 4.78 is 5.54. The van der Waals surface area contributed by atoms with Crippen molar-refractivity contribution in [1.82, 2.24) is 5.01 Å². The standard InChI is InChI=1S/C8H18N2O/c1-7(2)5-8-6-10(9)3-4-11-8/h7-8H,3-6,9H2,1-2H3. The normalized spacial score (nSPS) is 27.8. The van der Waals surface area contributed by atoms with Crippen molar-refractivity contribution < 1.29 is 4.74 Å².